The average Bonchev–Trinajstić information content (AvgIpc) is 3.29. The van der Waals surface area contributed by atoms with Gasteiger partial charge in [-0.1, -0.05) is 36.8 Å². The van der Waals surface area contributed by atoms with Gasteiger partial charge in [-0.25, -0.2) is 0 Å². The van der Waals surface area contributed by atoms with Crippen LogP contribution in [0.2, 0.25) is 0 Å². The van der Waals surface area contributed by atoms with Crippen LogP contribution in [-0.2, 0) is 9.59 Å². The van der Waals surface area contributed by atoms with Crippen molar-refractivity contribution in [2.75, 3.05) is 63.4 Å². The maximum Gasteiger partial charge on any atom is 0.236 e. The molecule has 2 saturated heterocycles. The zero-order valence-corrected chi connectivity index (χ0v) is 20.6. The van der Waals surface area contributed by atoms with Crippen molar-refractivity contribution in [3.05, 3.63) is 48.0 Å². The number of piperazine rings is 1. The number of benzene rings is 1. The van der Waals surface area contributed by atoms with Crippen LogP contribution in [0, 0.1) is 5.92 Å². The number of hydrogen-bond donors (Lipinski definition) is 2. The second-order valence-corrected chi connectivity index (χ2v) is 8.60. The molecule has 33 heavy (non-hydrogen) atoms. The lowest BCUT2D eigenvalue weighted by Crippen LogP contribution is -2.51. The van der Waals surface area contributed by atoms with E-state index in [4.69, 9.17) is 17.3 Å². The summed E-state index contributed by atoms with van der Waals surface area (Å²) < 4.78 is 0. The van der Waals surface area contributed by atoms with Gasteiger partial charge in [0.05, 0.1) is 12.5 Å². The van der Waals surface area contributed by atoms with Crippen molar-refractivity contribution in [3.63, 3.8) is 0 Å². The van der Waals surface area contributed by atoms with Gasteiger partial charge in [0.2, 0.25) is 11.8 Å². The normalized spacial score (nSPS) is 19.6. The highest BCUT2D eigenvalue weighted by atomic mass is 35.5. The summed E-state index contributed by atoms with van der Waals surface area (Å²) >= 11 is 5.57. The van der Waals surface area contributed by atoms with Crippen LogP contribution in [-0.4, -0.2) is 78.9 Å². The SMILES string of the molecule is C/C=C\CC.Nc1ccc(NC(=O)C2CCN(CC(=O)N3CCN(C/C=C/Cl)CC3)C2)cc1. The standard InChI is InChI=1S/C20H28ClN5O2.C5H10/c21-7-1-8-24-10-12-26(13-11-24)19(27)15-25-9-6-16(14-25)20(28)23-18-4-2-17(22)3-5-18;1-3-5-4-2/h1-5,7,16H,6,8-15,22H2,(H,23,28);3,5H,4H2,1-2H3/b7-1+;5-3-. The Morgan fingerprint density at radius 1 is 1.09 bits per heavy atom. The Kier molecular flexibility index (Phi) is 12.0. The first kappa shape index (κ1) is 26.9. The Balaban J connectivity index is 0.000000696. The monoisotopic (exact) mass is 475 g/mol. The smallest absolute Gasteiger partial charge is 0.236 e. The van der Waals surface area contributed by atoms with Gasteiger partial charge in [0.25, 0.3) is 0 Å². The number of nitrogen functional groups attached to an aromatic ring is 1. The van der Waals surface area contributed by atoms with E-state index in [0.717, 1.165) is 57.8 Å². The first-order valence-corrected chi connectivity index (χ1v) is 12.2. The van der Waals surface area contributed by atoms with Gasteiger partial charge in [0.1, 0.15) is 0 Å². The Hall–Kier alpha value is -2.35. The van der Waals surface area contributed by atoms with E-state index in [1.807, 2.05) is 17.9 Å². The maximum absolute atomic E-state index is 12.6. The molecule has 1 unspecified atom stereocenters. The zero-order valence-electron chi connectivity index (χ0n) is 19.9. The molecule has 3 N–H and O–H groups in total. The van der Waals surface area contributed by atoms with Crippen LogP contribution in [0.25, 0.3) is 0 Å². The van der Waals surface area contributed by atoms with E-state index in [-0.39, 0.29) is 17.7 Å². The summed E-state index contributed by atoms with van der Waals surface area (Å²) in [7, 11) is 0. The van der Waals surface area contributed by atoms with Crippen LogP contribution >= 0.6 is 11.6 Å². The molecule has 2 aliphatic heterocycles. The van der Waals surface area contributed by atoms with Crippen molar-refractivity contribution >= 4 is 34.8 Å². The van der Waals surface area contributed by atoms with Crippen LogP contribution < -0.4 is 11.1 Å². The predicted octanol–water partition coefficient (Wildman–Crippen LogP) is 3.40. The fraction of sp³-hybridized carbons (Fsp3) is 0.520. The average molecular weight is 476 g/mol. The molecule has 7 nitrogen and oxygen atoms in total. The molecular formula is C25H38ClN5O2. The summed E-state index contributed by atoms with van der Waals surface area (Å²) in [6, 6.07) is 7.13. The highest BCUT2D eigenvalue weighted by Gasteiger charge is 2.31. The van der Waals surface area contributed by atoms with E-state index in [2.05, 4.69) is 34.2 Å². The van der Waals surface area contributed by atoms with Crippen LogP contribution in [0.5, 0.6) is 0 Å². The zero-order chi connectivity index (χ0) is 24.1. The number of likely N-dealkylation sites (tertiary alicyclic amines) is 1. The predicted molar refractivity (Wildman–Crippen MR) is 137 cm³/mol. The molecule has 2 heterocycles. The molecule has 1 aromatic carbocycles. The largest absolute Gasteiger partial charge is 0.399 e. The van der Waals surface area contributed by atoms with Crippen molar-refractivity contribution in [2.45, 2.75) is 26.7 Å². The Morgan fingerprint density at radius 3 is 2.36 bits per heavy atom. The summed E-state index contributed by atoms with van der Waals surface area (Å²) in [6.45, 7) is 9.95. The lowest BCUT2D eigenvalue weighted by Gasteiger charge is -2.35. The molecule has 8 heteroatoms. The first-order chi connectivity index (χ1) is 16.0. The molecule has 1 atom stereocenters. The van der Waals surface area contributed by atoms with Gasteiger partial charge < -0.3 is 16.0 Å². The van der Waals surface area contributed by atoms with Crippen molar-refractivity contribution < 1.29 is 9.59 Å². The van der Waals surface area contributed by atoms with E-state index in [9.17, 15) is 9.59 Å². The van der Waals surface area contributed by atoms with Crippen molar-refractivity contribution in [1.29, 1.82) is 0 Å². The molecule has 0 bridgehead atoms. The summed E-state index contributed by atoms with van der Waals surface area (Å²) in [6.07, 6.45) is 8.03. The molecular weight excluding hydrogens is 438 g/mol. The van der Waals surface area contributed by atoms with Crippen LogP contribution in [0.1, 0.15) is 26.7 Å². The van der Waals surface area contributed by atoms with Gasteiger partial charge >= 0.3 is 0 Å². The molecule has 0 spiro atoms. The van der Waals surface area contributed by atoms with E-state index in [0.29, 0.717) is 18.8 Å². The van der Waals surface area contributed by atoms with Gasteiger partial charge in [-0.3, -0.25) is 19.4 Å². The lowest BCUT2D eigenvalue weighted by molar-refractivity contribution is -0.134. The summed E-state index contributed by atoms with van der Waals surface area (Å²) in [5.74, 6) is 0.0531. The van der Waals surface area contributed by atoms with Gasteiger partial charge in [-0.15, -0.1) is 0 Å². The molecule has 3 rings (SSSR count). The molecule has 1 aromatic rings. The van der Waals surface area contributed by atoms with Gasteiger partial charge in [-0.05, 0) is 50.6 Å². The number of halogens is 1. The third-order valence-corrected chi connectivity index (χ3v) is 6.01. The first-order valence-electron chi connectivity index (χ1n) is 11.7. The minimum atomic E-state index is -0.0930. The van der Waals surface area contributed by atoms with E-state index >= 15 is 0 Å². The third-order valence-electron chi connectivity index (χ3n) is 5.83. The number of hydrogen-bond acceptors (Lipinski definition) is 5. The minimum Gasteiger partial charge on any atom is -0.399 e. The van der Waals surface area contributed by atoms with Crippen LogP contribution in [0.4, 0.5) is 11.4 Å². The molecule has 0 radical (unpaired) electrons. The van der Waals surface area contributed by atoms with Crippen LogP contribution in [0.3, 0.4) is 0 Å². The maximum atomic E-state index is 12.6. The molecule has 2 amide bonds. The number of carbonyl (C=O) groups is 2. The Morgan fingerprint density at radius 2 is 1.79 bits per heavy atom. The Bertz CT molecular complexity index is 788. The molecule has 0 aliphatic carbocycles. The van der Waals surface area contributed by atoms with Crippen molar-refractivity contribution in [3.8, 4) is 0 Å². The van der Waals surface area contributed by atoms with Crippen molar-refractivity contribution in [1.82, 2.24) is 14.7 Å². The number of anilines is 2. The van der Waals surface area contributed by atoms with E-state index in [1.165, 1.54) is 5.54 Å². The quantitative estimate of drug-likeness (QED) is 0.466. The summed E-state index contributed by atoms with van der Waals surface area (Å²) in [5, 5.41) is 2.93. The number of amides is 2. The van der Waals surface area contributed by atoms with E-state index in [1.54, 1.807) is 24.3 Å². The van der Waals surface area contributed by atoms with Crippen molar-refractivity contribution in [2.24, 2.45) is 5.92 Å². The molecule has 182 valence electrons. The Labute approximate surface area is 203 Å². The van der Waals surface area contributed by atoms with Gasteiger partial charge in [0, 0.05) is 56.2 Å². The second-order valence-electron chi connectivity index (χ2n) is 8.35. The van der Waals surface area contributed by atoms with Crippen LogP contribution in [0.15, 0.2) is 48.0 Å². The molecule has 0 saturated carbocycles. The highest BCUT2D eigenvalue weighted by Crippen LogP contribution is 2.19. The van der Waals surface area contributed by atoms with Gasteiger partial charge in [0.15, 0.2) is 0 Å². The number of allylic oxidation sites excluding steroid dienone is 2. The summed E-state index contributed by atoms with van der Waals surface area (Å²) in [4.78, 5) is 31.3. The van der Waals surface area contributed by atoms with E-state index < -0.39 is 0 Å². The molecule has 2 aliphatic rings. The number of nitrogens with one attached hydrogen (secondary N) is 1. The highest BCUT2D eigenvalue weighted by molar-refractivity contribution is 6.25. The number of nitrogens with zero attached hydrogens (tertiary/aromatic N) is 3. The minimum absolute atomic E-state index is 0.000631. The fourth-order valence-corrected chi connectivity index (χ4v) is 3.98. The topological polar surface area (TPSA) is 81.9 Å². The number of rotatable bonds is 7. The number of carbonyl (C=O) groups excluding carboxylic acids is 2. The molecule has 2 fully saturated rings. The molecule has 0 aromatic heterocycles. The third kappa shape index (κ3) is 9.58. The second kappa shape index (κ2) is 14.7. The van der Waals surface area contributed by atoms with Gasteiger partial charge in [-0.2, -0.15) is 0 Å². The fourth-order valence-electron chi connectivity index (χ4n) is 3.90. The lowest BCUT2D eigenvalue weighted by atomic mass is 10.1. The summed E-state index contributed by atoms with van der Waals surface area (Å²) in [5.41, 5.74) is 8.61. The number of nitrogens with two attached hydrogens (primary N) is 1.